The van der Waals surface area contributed by atoms with Crippen molar-refractivity contribution in [3.05, 3.63) is 0 Å². The Kier molecular flexibility index (Phi) is 5.15. The number of hydrogen-bond acceptors (Lipinski definition) is 5. The number of hydrogen-bond donors (Lipinski definition) is 0. The van der Waals surface area contributed by atoms with Crippen molar-refractivity contribution in [3.63, 3.8) is 0 Å². The van der Waals surface area contributed by atoms with Crippen LogP contribution >= 0.6 is 0 Å². The molecule has 0 aromatic rings. The van der Waals surface area contributed by atoms with Gasteiger partial charge in [0.2, 0.25) is 5.91 Å². The molecule has 0 aromatic carbocycles. The molecule has 2 aliphatic heterocycles. The second kappa shape index (κ2) is 6.65. The van der Waals surface area contributed by atoms with Crippen LogP contribution in [0, 0.1) is 0 Å². The molecule has 0 bridgehead atoms. The van der Waals surface area contributed by atoms with E-state index in [1.54, 1.807) is 7.11 Å². The Morgan fingerprint density at radius 3 is 2.89 bits per heavy atom. The van der Waals surface area contributed by atoms with Crippen LogP contribution in [0.25, 0.3) is 0 Å². The van der Waals surface area contributed by atoms with E-state index in [0.29, 0.717) is 12.6 Å². The number of morpholine rings is 1. The van der Waals surface area contributed by atoms with Gasteiger partial charge < -0.3 is 19.3 Å². The summed E-state index contributed by atoms with van der Waals surface area (Å²) in [6.45, 7) is 5.42. The first kappa shape index (κ1) is 14.7. The Morgan fingerprint density at radius 2 is 2.21 bits per heavy atom. The first-order chi connectivity index (χ1) is 9.11. The van der Waals surface area contributed by atoms with E-state index in [1.807, 2.05) is 4.90 Å². The maximum Gasteiger partial charge on any atom is 0.248 e. The molecule has 6 heteroatoms. The van der Waals surface area contributed by atoms with E-state index in [9.17, 15) is 4.79 Å². The third-order valence-corrected chi connectivity index (χ3v) is 3.87. The Balaban J connectivity index is 1.90. The molecule has 110 valence electrons. The molecule has 2 heterocycles. The Hall–Kier alpha value is -0.690. The standard InChI is InChI=1S/C13H25N3O3/c1-14(2)4-5-15-6-7-19-12-9-16(8-11(12)15)13(17)10-18-3/h11-12H,4-10H2,1-3H3/t11-,12+/m1/s1. The number of methoxy groups -OCH3 is 1. The molecule has 0 aromatic heterocycles. The molecular formula is C13H25N3O3. The minimum Gasteiger partial charge on any atom is -0.375 e. The van der Waals surface area contributed by atoms with Crippen molar-refractivity contribution in [1.29, 1.82) is 0 Å². The zero-order valence-corrected chi connectivity index (χ0v) is 12.2. The van der Waals surface area contributed by atoms with Crippen LogP contribution in [0.5, 0.6) is 0 Å². The highest BCUT2D eigenvalue weighted by molar-refractivity contribution is 5.77. The fourth-order valence-electron chi connectivity index (χ4n) is 2.78. The molecule has 0 saturated carbocycles. The number of nitrogens with zero attached hydrogens (tertiary/aromatic N) is 3. The fourth-order valence-corrected chi connectivity index (χ4v) is 2.78. The first-order valence-corrected chi connectivity index (χ1v) is 6.89. The zero-order valence-electron chi connectivity index (χ0n) is 12.2. The number of rotatable bonds is 5. The van der Waals surface area contributed by atoms with Gasteiger partial charge in [-0.05, 0) is 14.1 Å². The maximum absolute atomic E-state index is 11.9. The van der Waals surface area contributed by atoms with Crippen molar-refractivity contribution >= 4 is 5.91 Å². The first-order valence-electron chi connectivity index (χ1n) is 6.89. The molecule has 2 fully saturated rings. The lowest BCUT2D eigenvalue weighted by Gasteiger charge is -2.37. The topological polar surface area (TPSA) is 45.2 Å². The second-order valence-electron chi connectivity index (χ2n) is 5.55. The number of carbonyl (C=O) groups is 1. The summed E-state index contributed by atoms with van der Waals surface area (Å²) in [6, 6.07) is 0.342. The minimum absolute atomic E-state index is 0.0630. The highest BCUT2D eigenvalue weighted by atomic mass is 16.5. The monoisotopic (exact) mass is 271 g/mol. The molecule has 0 N–H and O–H groups in total. The van der Waals surface area contributed by atoms with E-state index >= 15 is 0 Å². The highest BCUT2D eigenvalue weighted by Crippen LogP contribution is 2.22. The van der Waals surface area contributed by atoms with Crippen LogP contribution in [-0.2, 0) is 14.3 Å². The molecule has 2 rings (SSSR count). The van der Waals surface area contributed by atoms with Crippen molar-refractivity contribution in [2.45, 2.75) is 12.1 Å². The van der Waals surface area contributed by atoms with Crippen molar-refractivity contribution in [3.8, 4) is 0 Å². The summed E-state index contributed by atoms with van der Waals surface area (Å²) >= 11 is 0. The van der Waals surface area contributed by atoms with Gasteiger partial charge in [-0.1, -0.05) is 0 Å². The van der Waals surface area contributed by atoms with Crippen molar-refractivity contribution in [2.75, 3.05) is 67.1 Å². The summed E-state index contributed by atoms with van der Waals surface area (Å²) < 4.78 is 10.7. The van der Waals surface area contributed by atoms with Crippen molar-refractivity contribution in [1.82, 2.24) is 14.7 Å². The van der Waals surface area contributed by atoms with E-state index in [0.717, 1.165) is 32.8 Å². The quantitative estimate of drug-likeness (QED) is 0.649. The SMILES string of the molecule is COCC(=O)N1C[C@@H]2OCCN(CCN(C)C)[C@@H]2C1. The minimum atomic E-state index is 0.0630. The second-order valence-corrected chi connectivity index (χ2v) is 5.55. The Bertz CT molecular complexity index is 312. The summed E-state index contributed by atoms with van der Waals surface area (Å²) in [5.74, 6) is 0.0630. The van der Waals surface area contributed by atoms with E-state index < -0.39 is 0 Å². The lowest BCUT2D eigenvalue weighted by Crippen LogP contribution is -2.52. The van der Waals surface area contributed by atoms with Crippen LogP contribution in [0.1, 0.15) is 0 Å². The van der Waals surface area contributed by atoms with E-state index in [4.69, 9.17) is 9.47 Å². The highest BCUT2D eigenvalue weighted by Gasteiger charge is 2.41. The normalized spacial score (nSPS) is 27.9. The summed E-state index contributed by atoms with van der Waals surface area (Å²) in [4.78, 5) is 18.4. The zero-order chi connectivity index (χ0) is 13.8. The predicted octanol–water partition coefficient (Wildman–Crippen LogP) is -0.894. The molecule has 0 unspecified atom stereocenters. The molecule has 2 aliphatic rings. The fraction of sp³-hybridized carbons (Fsp3) is 0.923. The van der Waals surface area contributed by atoms with Crippen molar-refractivity contribution < 1.29 is 14.3 Å². The molecule has 0 aliphatic carbocycles. The molecular weight excluding hydrogens is 246 g/mol. The Labute approximate surface area is 115 Å². The largest absolute Gasteiger partial charge is 0.375 e. The predicted molar refractivity (Wildman–Crippen MR) is 72.1 cm³/mol. The Morgan fingerprint density at radius 1 is 1.42 bits per heavy atom. The molecule has 0 spiro atoms. The van der Waals surface area contributed by atoms with E-state index in [-0.39, 0.29) is 18.6 Å². The van der Waals surface area contributed by atoms with Gasteiger partial charge in [-0.15, -0.1) is 0 Å². The molecule has 0 radical (unpaired) electrons. The number of carbonyl (C=O) groups excluding carboxylic acids is 1. The smallest absolute Gasteiger partial charge is 0.248 e. The van der Waals surface area contributed by atoms with Crippen LogP contribution in [0.4, 0.5) is 0 Å². The molecule has 2 atom stereocenters. The lowest BCUT2D eigenvalue weighted by molar-refractivity contribution is -0.134. The van der Waals surface area contributed by atoms with Gasteiger partial charge in [-0.2, -0.15) is 0 Å². The van der Waals surface area contributed by atoms with Gasteiger partial charge >= 0.3 is 0 Å². The summed E-state index contributed by atoms with van der Waals surface area (Å²) in [6.07, 6.45) is 0.164. The van der Waals surface area contributed by atoms with Crippen LogP contribution in [0.3, 0.4) is 0 Å². The number of fused-ring (bicyclic) bond motifs is 1. The third kappa shape index (κ3) is 3.66. The van der Waals surface area contributed by atoms with E-state index in [2.05, 4.69) is 23.9 Å². The van der Waals surface area contributed by atoms with Gasteiger partial charge in [-0.3, -0.25) is 9.69 Å². The number of ether oxygens (including phenoxy) is 2. The van der Waals surface area contributed by atoms with Gasteiger partial charge in [0.25, 0.3) is 0 Å². The summed E-state index contributed by atoms with van der Waals surface area (Å²) in [5.41, 5.74) is 0. The number of amides is 1. The van der Waals surface area contributed by atoms with Gasteiger partial charge in [-0.25, -0.2) is 0 Å². The third-order valence-electron chi connectivity index (χ3n) is 3.87. The maximum atomic E-state index is 11.9. The van der Waals surface area contributed by atoms with E-state index in [1.165, 1.54) is 0 Å². The van der Waals surface area contributed by atoms with Gasteiger partial charge in [0.05, 0.1) is 18.8 Å². The van der Waals surface area contributed by atoms with Gasteiger partial charge in [0, 0.05) is 39.8 Å². The van der Waals surface area contributed by atoms with Gasteiger partial charge in [0.15, 0.2) is 0 Å². The van der Waals surface area contributed by atoms with Crippen LogP contribution in [0.2, 0.25) is 0 Å². The van der Waals surface area contributed by atoms with Crippen LogP contribution in [-0.4, -0.2) is 99.9 Å². The molecule has 1 amide bonds. The lowest BCUT2D eigenvalue weighted by atomic mass is 10.1. The molecule has 19 heavy (non-hydrogen) atoms. The van der Waals surface area contributed by atoms with Crippen LogP contribution < -0.4 is 0 Å². The molecule has 6 nitrogen and oxygen atoms in total. The average Bonchev–Trinajstić information content (AvgIpc) is 2.80. The number of likely N-dealkylation sites (N-methyl/N-ethyl adjacent to an activating group) is 1. The van der Waals surface area contributed by atoms with Crippen LogP contribution in [0.15, 0.2) is 0 Å². The summed E-state index contributed by atoms with van der Waals surface area (Å²) in [5, 5.41) is 0. The number of likely N-dealkylation sites (tertiary alicyclic amines) is 1. The summed E-state index contributed by atoms with van der Waals surface area (Å²) in [7, 11) is 5.73. The van der Waals surface area contributed by atoms with Crippen molar-refractivity contribution in [2.24, 2.45) is 0 Å². The molecule has 2 saturated heterocycles. The average molecular weight is 271 g/mol. The van der Waals surface area contributed by atoms with Gasteiger partial charge in [0.1, 0.15) is 6.61 Å².